The van der Waals surface area contributed by atoms with E-state index in [0.717, 1.165) is 41.6 Å². The number of para-hydroxylation sites is 1. The molecule has 0 bridgehead atoms. The predicted octanol–water partition coefficient (Wildman–Crippen LogP) is 3.45. The quantitative estimate of drug-likeness (QED) is 0.863. The van der Waals surface area contributed by atoms with Crippen LogP contribution in [0.25, 0.3) is 5.76 Å². The molecule has 1 aromatic heterocycles. The molecule has 0 amide bonds. The van der Waals surface area contributed by atoms with Crippen LogP contribution < -0.4 is 0 Å². The van der Waals surface area contributed by atoms with Gasteiger partial charge in [-0.1, -0.05) is 12.1 Å². The maximum absolute atomic E-state index is 10.3. The molecule has 1 aromatic carbocycles. The predicted molar refractivity (Wildman–Crippen MR) is 86.6 cm³/mol. The van der Waals surface area contributed by atoms with E-state index in [0.29, 0.717) is 0 Å². The third-order valence-corrected chi connectivity index (χ3v) is 4.26. The number of hydrogen-bond donors (Lipinski definition) is 1. The van der Waals surface area contributed by atoms with Gasteiger partial charge in [0.1, 0.15) is 17.4 Å². The molecule has 0 unspecified atom stereocenters. The number of benzene rings is 1. The van der Waals surface area contributed by atoms with E-state index in [1.54, 1.807) is 17.4 Å². The van der Waals surface area contributed by atoms with Gasteiger partial charge in [-0.15, -0.1) is 0 Å². The average Bonchev–Trinajstić information content (AvgIpc) is 3.19. The molecule has 1 N–H and O–H groups in total. The summed E-state index contributed by atoms with van der Waals surface area (Å²) in [6, 6.07) is 9.87. The molecule has 4 nitrogen and oxygen atoms in total. The lowest BCUT2D eigenvalue weighted by molar-refractivity contribution is 0.511. The molecule has 21 heavy (non-hydrogen) atoms. The molecule has 0 fully saturated rings. The summed E-state index contributed by atoms with van der Waals surface area (Å²) in [5, 5.41) is 14.1. The third kappa shape index (κ3) is 2.06. The van der Waals surface area contributed by atoms with Crippen LogP contribution in [0, 0.1) is 0 Å². The summed E-state index contributed by atoms with van der Waals surface area (Å²) >= 11 is 1.56. The van der Waals surface area contributed by atoms with Crippen molar-refractivity contribution in [1.29, 1.82) is 0 Å². The monoisotopic (exact) mass is 295 g/mol. The van der Waals surface area contributed by atoms with E-state index in [9.17, 15) is 5.11 Å². The first kappa shape index (κ1) is 12.3. The highest BCUT2D eigenvalue weighted by Crippen LogP contribution is 2.29. The van der Waals surface area contributed by atoms with Crippen molar-refractivity contribution in [3.63, 3.8) is 0 Å². The Morgan fingerprint density at radius 2 is 2.19 bits per heavy atom. The summed E-state index contributed by atoms with van der Waals surface area (Å²) in [7, 11) is 0. The van der Waals surface area contributed by atoms with Gasteiger partial charge in [0.2, 0.25) is 0 Å². The molecule has 0 spiro atoms. The molecule has 0 saturated carbocycles. The first-order valence-corrected chi connectivity index (χ1v) is 7.70. The van der Waals surface area contributed by atoms with Crippen LogP contribution in [0.3, 0.4) is 0 Å². The zero-order valence-corrected chi connectivity index (χ0v) is 12.0. The van der Waals surface area contributed by atoms with E-state index in [1.807, 2.05) is 41.1 Å². The van der Waals surface area contributed by atoms with Crippen molar-refractivity contribution in [2.75, 3.05) is 13.1 Å². The van der Waals surface area contributed by atoms with E-state index in [1.165, 1.54) is 0 Å². The van der Waals surface area contributed by atoms with Gasteiger partial charge in [0.15, 0.2) is 0 Å². The van der Waals surface area contributed by atoms with Gasteiger partial charge in [-0.05, 0) is 23.6 Å². The van der Waals surface area contributed by atoms with Crippen molar-refractivity contribution < 1.29 is 5.11 Å². The number of aliphatic imine (C=N–C) groups is 2. The molecule has 0 saturated heterocycles. The maximum atomic E-state index is 10.3. The Bertz CT molecular complexity index is 775. The summed E-state index contributed by atoms with van der Waals surface area (Å²) in [6.45, 7) is 1.56. The summed E-state index contributed by atoms with van der Waals surface area (Å²) < 4.78 is 0. The van der Waals surface area contributed by atoms with Crippen molar-refractivity contribution in [1.82, 2.24) is 4.90 Å². The number of thiophene rings is 1. The van der Waals surface area contributed by atoms with Gasteiger partial charge < -0.3 is 10.0 Å². The zero-order valence-electron chi connectivity index (χ0n) is 11.2. The number of hydrogen-bond acceptors (Lipinski definition) is 5. The van der Waals surface area contributed by atoms with Crippen LogP contribution >= 0.6 is 11.3 Å². The highest BCUT2D eigenvalue weighted by Gasteiger charge is 2.28. The van der Waals surface area contributed by atoms with Gasteiger partial charge in [0.05, 0.1) is 12.2 Å². The normalized spacial score (nSPS) is 17.1. The molecule has 104 valence electrons. The van der Waals surface area contributed by atoms with E-state index in [4.69, 9.17) is 0 Å². The Kier molecular flexibility index (Phi) is 2.86. The summed E-state index contributed by atoms with van der Waals surface area (Å²) in [5.41, 5.74) is 2.78. The number of amidine groups is 2. The van der Waals surface area contributed by atoms with Crippen molar-refractivity contribution in [2.24, 2.45) is 9.98 Å². The molecule has 3 heterocycles. The standard InChI is InChI=1S/C16H13N3OS/c20-14(11-5-8-21-10-11)9-15-18-13-4-2-1-3-12(13)16-17-6-7-19(15)16/h1-5,8-10,20H,6-7H2/b14-9-. The Labute approximate surface area is 126 Å². The Hall–Kier alpha value is -2.40. The fourth-order valence-corrected chi connectivity index (χ4v) is 3.22. The van der Waals surface area contributed by atoms with E-state index < -0.39 is 0 Å². The summed E-state index contributed by atoms with van der Waals surface area (Å²) in [4.78, 5) is 11.3. The second-order valence-corrected chi connectivity index (χ2v) is 5.67. The van der Waals surface area contributed by atoms with Crippen LogP contribution in [0.4, 0.5) is 5.69 Å². The average molecular weight is 295 g/mol. The van der Waals surface area contributed by atoms with Crippen LogP contribution in [0.5, 0.6) is 0 Å². The highest BCUT2D eigenvalue weighted by atomic mass is 32.1. The minimum absolute atomic E-state index is 0.237. The first-order valence-electron chi connectivity index (χ1n) is 6.76. The number of aliphatic hydroxyl groups is 1. The van der Waals surface area contributed by atoms with Crippen LogP contribution in [0.1, 0.15) is 11.1 Å². The third-order valence-electron chi connectivity index (χ3n) is 3.58. The number of nitrogens with zero attached hydrogens (tertiary/aromatic N) is 3. The van der Waals surface area contributed by atoms with Gasteiger partial charge in [0.25, 0.3) is 0 Å². The van der Waals surface area contributed by atoms with Gasteiger partial charge in [-0.2, -0.15) is 11.3 Å². The van der Waals surface area contributed by atoms with Gasteiger partial charge in [0, 0.05) is 29.1 Å². The Morgan fingerprint density at radius 3 is 3.05 bits per heavy atom. The van der Waals surface area contributed by atoms with E-state index in [-0.39, 0.29) is 5.76 Å². The lowest BCUT2D eigenvalue weighted by atomic mass is 10.1. The van der Waals surface area contributed by atoms with Crippen molar-refractivity contribution in [3.8, 4) is 0 Å². The zero-order chi connectivity index (χ0) is 14.2. The van der Waals surface area contributed by atoms with Crippen LogP contribution in [0.2, 0.25) is 0 Å². The molecule has 0 aliphatic carbocycles. The summed E-state index contributed by atoms with van der Waals surface area (Å²) in [6.07, 6.45) is 1.72. The van der Waals surface area contributed by atoms with E-state index in [2.05, 4.69) is 14.9 Å². The summed E-state index contributed by atoms with van der Waals surface area (Å²) in [5.74, 6) is 1.93. The van der Waals surface area contributed by atoms with Crippen LogP contribution in [-0.2, 0) is 0 Å². The molecule has 0 atom stereocenters. The fraction of sp³-hybridized carbons (Fsp3) is 0.125. The van der Waals surface area contributed by atoms with Crippen molar-refractivity contribution >= 4 is 34.5 Å². The van der Waals surface area contributed by atoms with Crippen LogP contribution in [-0.4, -0.2) is 34.8 Å². The Balaban J connectivity index is 1.81. The highest BCUT2D eigenvalue weighted by molar-refractivity contribution is 7.08. The second-order valence-electron chi connectivity index (χ2n) is 4.89. The minimum atomic E-state index is 0.237. The van der Waals surface area contributed by atoms with Gasteiger partial charge in [-0.3, -0.25) is 4.99 Å². The Morgan fingerprint density at radius 1 is 1.29 bits per heavy atom. The molecule has 2 aliphatic rings. The minimum Gasteiger partial charge on any atom is -0.507 e. The maximum Gasteiger partial charge on any atom is 0.138 e. The van der Waals surface area contributed by atoms with Crippen molar-refractivity contribution in [2.45, 2.75) is 0 Å². The molecular formula is C16H13N3OS. The largest absolute Gasteiger partial charge is 0.507 e. The van der Waals surface area contributed by atoms with Crippen molar-refractivity contribution in [3.05, 3.63) is 58.3 Å². The van der Waals surface area contributed by atoms with Gasteiger partial charge in [-0.25, -0.2) is 4.99 Å². The molecule has 2 aliphatic heterocycles. The first-order chi connectivity index (χ1) is 10.3. The number of fused-ring (bicyclic) bond motifs is 3. The molecule has 4 rings (SSSR count). The topological polar surface area (TPSA) is 48.2 Å². The smallest absolute Gasteiger partial charge is 0.138 e. The number of rotatable bonds is 2. The number of aliphatic hydroxyl groups excluding tert-OH is 1. The van der Waals surface area contributed by atoms with Crippen LogP contribution in [0.15, 0.2) is 57.2 Å². The molecule has 2 aromatic rings. The fourth-order valence-electron chi connectivity index (χ4n) is 2.57. The second kappa shape index (κ2) is 4.86. The van der Waals surface area contributed by atoms with Gasteiger partial charge >= 0.3 is 0 Å². The molecule has 0 radical (unpaired) electrons. The van der Waals surface area contributed by atoms with E-state index >= 15 is 0 Å². The lowest BCUT2D eigenvalue weighted by Gasteiger charge is -2.25. The molecular weight excluding hydrogens is 282 g/mol. The molecule has 5 heteroatoms. The lowest BCUT2D eigenvalue weighted by Crippen LogP contribution is -2.36. The SMILES string of the molecule is O/C(=C\C1=Nc2ccccc2C2=NCCN12)c1ccsc1.